The molecule has 4 nitrogen and oxygen atoms in total. The van der Waals surface area contributed by atoms with E-state index in [2.05, 4.69) is 12.2 Å². The van der Waals surface area contributed by atoms with Gasteiger partial charge in [0, 0.05) is 6.54 Å². The van der Waals surface area contributed by atoms with E-state index in [1.165, 1.54) is 25.7 Å². The molecule has 1 aliphatic carbocycles. The average Bonchev–Trinajstić information content (AvgIpc) is 2.86. The Morgan fingerprint density at radius 3 is 2.75 bits per heavy atom. The molecule has 20 heavy (non-hydrogen) atoms. The standard InChI is InChI=1S/C16H24N2O2/c1-16(9-4-5-10-16)12-18-15(19)8-11-20-14-7-3-2-6-13(14)17/h2-3,6-7H,4-5,8-12,17H2,1H3,(H,18,19). The van der Waals surface area contributed by atoms with Gasteiger partial charge >= 0.3 is 0 Å². The van der Waals surface area contributed by atoms with Gasteiger partial charge in [0.25, 0.3) is 0 Å². The number of rotatable bonds is 6. The largest absolute Gasteiger partial charge is 0.491 e. The summed E-state index contributed by atoms with van der Waals surface area (Å²) in [5, 5.41) is 3.02. The van der Waals surface area contributed by atoms with E-state index in [4.69, 9.17) is 10.5 Å². The molecule has 0 atom stereocenters. The molecule has 1 aromatic carbocycles. The highest BCUT2D eigenvalue weighted by Crippen LogP contribution is 2.36. The number of ether oxygens (including phenoxy) is 1. The van der Waals surface area contributed by atoms with Crippen LogP contribution in [0.25, 0.3) is 0 Å². The van der Waals surface area contributed by atoms with Gasteiger partial charge in [-0.3, -0.25) is 4.79 Å². The minimum Gasteiger partial charge on any atom is -0.491 e. The predicted molar refractivity (Wildman–Crippen MR) is 80.6 cm³/mol. The molecule has 1 aromatic rings. The fraction of sp³-hybridized carbons (Fsp3) is 0.562. The Morgan fingerprint density at radius 1 is 1.35 bits per heavy atom. The monoisotopic (exact) mass is 276 g/mol. The van der Waals surface area contributed by atoms with Gasteiger partial charge in [-0.25, -0.2) is 0 Å². The van der Waals surface area contributed by atoms with Gasteiger partial charge in [-0.05, 0) is 30.4 Å². The number of anilines is 1. The molecule has 0 unspecified atom stereocenters. The molecule has 1 amide bonds. The van der Waals surface area contributed by atoms with E-state index in [1.807, 2.05) is 18.2 Å². The first-order valence-corrected chi connectivity index (χ1v) is 7.33. The van der Waals surface area contributed by atoms with Crippen LogP contribution in [-0.2, 0) is 4.79 Å². The van der Waals surface area contributed by atoms with E-state index in [-0.39, 0.29) is 5.91 Å². The first kappa shape index (κ1) is 14.7. The van der Waals surface area contributed by atoms with Gasteiger partial charge in [0.15, 0.2) is 0 Å². The summed E-state index contributed by atoms with van der Waals surface area (Å²) in [5.41, 5.74) is 6.67. The van der Waals surface area contributed by atoms with Crippen molar-refractivity contribution in [1.29, 1.82) is 0 Å². The molecule has 2 rings (SSSR count). The Bertz CT molecular complexity index is 454. The lowest BCUT2D eigenvalue weighted by atomic mass is 9.89. The van der Waals surface area contributed by atoms with Crippen molar-refractivity contribution in [3.05, 3.63) is 24.3 Å². The molecule has 0 spiro atoms. The molecule has 0 radical (unpaired) electrons. The van der Waals surface area contributed by atoms with Crippen molar-refractivity contribution in [2.24, 2.45) is 5.41 Å². The van der Waals surface area contributed by atoms with Crippen molar-refractivity contribution in [2.75, 3.05) is 18.9 Å². The zero-order valence-electron chi connectivity index (χ0n) is 12.2. The van der Waals surface area contributed by atoms with Gasteiger partial charge in [-0.15, -0.1) is 0 Å². The third-order valence-electron chi connectivity index (χ3n) is 4.03. The Balaban J connectivity index is 1.67. The normalized spacial score (nSPS) is 16.9. The Hall–Kier alpha value is -1.71. The number of hydrogen-bond donors (Lipinski definition) is 2. The van der Waals surface area contributed by atoms with Crippen LogP contribution in [0.2, 0.25) is 0 Å². The molecular formula is C16H24N2O2. The maximum absolute atomic E-state index is 11.8. The quantitative estimate of drug-likeness (QED) is 0.785. The van der Waals surface area contributed by atoms with Crippen LogP contribution < -0.4 is 15.8 Å². The number of nitrogens with two attached hydrogens (primary N) is 1. The van der Waals surface area contributed by atoms with Gasteiger partial charge < -0.3 is 15.8 Å². The zero-order chi connectivity index (χ0) is 14.4. The molecule has 0 heterocycles. The molecule has 0 saturated heterocycles. The second-order valence-corrected chi connectivity index (χ2v) is 5.93. The van der Waals surface area contributed by atoms with Crippen molar-refractivity contribution < 1.29 is 9.53 Å². The van der Waals surface area contributed by atoms with Crippen LogP contribution in [0.4, 0.5) is 5.69 Å². The van der Waals surface area contributed by atoms with E-state index in [9.17, 15) is 4.79 Å². The molecule has 1 saturated carbocycles. The number of benzene rings is 1. The zero-order valence-corrected chi connectivity index (χ0v) is 12.2. The maximum Gasteiger partial charge on any atom is 0.223 e. The highest BCUT2D eigenvalue weighted by molar-refractivity contribution is 5.76. The number of carbonyl (C=O) groups is 1. The van der Waals surface area contributed by atoms with Crippen molar-refractivity contribution in [2.45, 2.75) is 39.0 Å². The second-order valence-electron chi connectivity index (χ2n) is 5.93. The van der Waals surface area contributed by atoms with Gasteiger partial charge in [0.1, 0.15) is 5.75 Å². The molecular weight excluding hydrogens is 252 g/mol. The topological polar surface area (TPSA) is 64.3 Å². The third kappa shape index (κ3) is 4.15. The highest BCUT2D eigenvalue weighted by Gasteiger charge is 2.28. The summed E-state index contributed by atoms with van der Waals surface area (Å²) in [4.78, 5) is 11.8. The van der Waals surface area contributed by atoms with E-state index in [0.717, 1.165) is 6.54 Å². The lowest BCUT2D eigenvalue weighted by molar-refractivity contribution is -0.122. The molecule has 0 aliphatic heterocycles. The molecule has 3 N–H and O–H groups in total. The van der Waals surface area contributed by atoms with Crippen LogP contribution >= 0.6 is 0 Å². The van der Waals surface area contributed by atoms with Crippen LogP contribution in [0.15, 0.2) is 24.3 Å². The van der Waals surface area contributed by atoms with Crippen molar-refractivity contribution >= 4 is 11.6 Å². The summed E-state index contributed by atoms with van der Waals surface area (Å²) in [5.74, 6) is 0.690. The van der Waals surface area contributed by atoms with E-state index >= 15 is 0 Å². The van der Waals surface area contributed by atoms with Gasteiger partial charge in [-0.2, -0.15) is 0 Å². The number of para-hydroxylation sites is 2. The molecule has 1 aliphatic rings. The molecule has 0 bridgehead atoms. The van der Waals surface area contributed by atoms with E-state index in [0.29, 0.717) is 29.9 Å². The second kappa shape index (κ2) is 6.64. The lowest BCUT2D eigenvalue weighted by Gasteiger charge is -2.23. The third-order valence-corrected chi connectivity index (χ3v) is 4.03. The Kier molecular flexibility index (Phi) is 4.88. The minimum atomic E-state index is 0.0487. The summed E-state index contributed by atoms with van der Waals surface area (Å²) < 4.78 is 5.52. The van der Waals surface area contributed by atoms with Gasteiger partial charge in [0.2, 0.25) is 5.91 Å². The van der Waals surface area contributed by atoms with Gasteiger partial charge in [0.05, 0.1) is 18.7 Å². The van der Waals surface area contributed by atoms with Crippen LogP contribution in [0, 0.1) is 5.41 Å². The van der Waals surface area contributed by atoms with Crippen LogP contribution in [0.1, 0.15) is 39.0 Å². The number of nitrogens with one attached hydrogen (secondary N) is 1. The summed E-state index contributed by atoms with van der Waals surface area (Å²) in [6.45, 7) is 3.39. The number of carbonyl (C=O) groups excluding carboxylic acids is 1. The van der Waals surface area contributed by atoms with Crippen molar-refractivity contribution in [3.8, 4) is 5.75 Å². The first-order valence-electron chi connectivity index (χ1n) is 7.33. The number of amides is 1. The summed E-state index contributed by atoms with van der Waals surface area (Å²) in [7, 11) is 0. The fourth-order valence-corrected chi connectivity index (χ4v) is 2.67. The summed E-state index contributed by atoms with van der Waals surface area (Å²) >= 11 is 0. The number of hydrogen-bond acceptors (Lipinski definition) is 3. The predicted octanol–water partition coefficient (Wildman–Crippen LogP) is 2.73. The van der Waals surface area contributed by atoms with E-state index < -0.39 is 0 Å². The smallest absolute Gasteiger partial charge is 0.223 e. The molecule has 110 valence electrons. The highest BCUT2D eigenvalue weighted by atomic mass is 16.5. The number of nitrogen functional groups attached to an aromatic ring is 1. The summed E-state index contributed by atoms with van der Waals surface area (Å²) in [6.07, 6.45) is 5.35. The minimum absolute atomic E-state index is 0.0487. The molecule has 1 fully saturated rings. The van der Waals surface area contributed by atoms with Crippen LogP contribution in [-0.4, -0.2) is 19.1 Å². The maximum atomic E-state index is 11.8. The van der Waals surface area contributed by atoms with Crippen molar-refractivity contribution in [3.63, 3.8) is 0 Å². The fourth-order valence-electron chi connectivity index (χ4n) is 2.67. The van der Waals surface area contributed by atoms with Crippen LogP contribution in [0.5, 0.6) is 5.75 Å². The van der Waals surface area contributed by atoms with Crippen molar-refractivity contribution in [1.82, 2.24) is 5.32 Å². The Morgan fingerprint density at radius 2 is 2.05 bits per heavy atom. The SMILES string of the molecule is CC1(CNC(=O)CCOc2ccccc2N)CCCC1. The molecule has 0 aromatic heterocycles. The Labute approximate surface area is 120 Å². The summed E-state index contributed by atoms with van der Waals surface area (Å²) in [6, 6.07) is 7.33. The average molecular weight is 276 g/mol. The lowest BCUT2D eigenvalue weighted by Crippen LogP contribution is -2.34. The van der Waals surface area contributed by atoms with E-state index in [1.54, 1.807) is 6.07 Å². The first-order chi connectivity index (χ1) is 9.59. The van der Waals surface area contributed by atoms with Gasteiger partial charge in [-0.1, -0.05) is 31.9 Å². The van der Waals surface area contributed by atoms with Crippen LogP contribution in [0.3, 0.4) is 0 Å². The molecule has 4 heteroatoms.